The zero-order valence-corrected chi connectivity index (χ0v) is 12.0. The first-order valence-electron chi connectivity index (χ1n) is 6.50. The first-order valence-corrected chi connectivity index (χ1v) is 7.27. The molecule has 0 radical (unpaired) electrons. The minimum Gasteiger partial charge on any atom is -0.330 e. The van der Waals surface area contributed by atoms with E-state index in [9.17, 15) is 0 Å². The van der Waals surface area contributed by atoms with Gasteiger partial charge < -0.3 is 11.5 Å². The van der Waals surface area contributed by atoms with Gasteiger partial charge in [-0.3, -0.25) is 0 Å². The molecule has 2 rings (SSSR count). The quantitative estimate of drug-likeness (QED) is 0.841. The van der Waals surface area contributed by atoms with E-state index in [4.69, 9.17) is 11.5 Å². The highest BCUT2D eigenvalue weighted by Gasteiger charge is 2.09. The Hall–Kier alpha value is -1.30. The van der Waals surface area contributed by atoms with Crippen LogP contribution in [0.5, 0.6) is 0 Å². The summed E-state index contributed by atoms with van der Waals surface area (Å²) in [5.41, 5.74) is 14.0. The van der Waals surface area contributed by atoms with E-state index in [1.54, 1.807) is 0 Å². The normalized spacial score (nSPS) is 12.6. The molecule has 0 saturated carbocycles. The lowest BCUT2D eigenvalue weighted by atomic mass is 10.1. The van der Waals surface area contributed by atoms with Crippen molar-refractivity contribution in [1.29, 1.82) is 0 Å². The molecule has 19 heavy (non-hydrogen) atoms. The lowest BCUT2D eigenvalue weighted by molar-refractivity contribution is 0.616. The predicted molar refractivity (Wildman–Crippen MR) is 79.2 cm³/mol. The molecule has 1 heterocycles. The number of nitrogens with two attached hydrogens (primary N) is 2. The fraction of sp³-hybridized carbons (Fsp3) is 0.429. The van der Waals surface area contributed by atoms with Crippen LogP contribution in [0, 0.1) is 6.92 Å². The molecule has 1 atom stereocenters. The van der Waals surface area contributed by atoms with Crippen LogP contribution in [-0.2, 0) is 12.8 Å². The number of benzene rings is 1. The van der Waals surface area contributed by atoms with Crippen LogP contribution in [0.2, 0.25) is 0 Å². The Labute approximate surface area is 118 Å². The maximum Gasteiger partial charge on any atom is 0.146 e. The van der Waals surface area contributed by atoms with Gasteiger partial charge in [-0.15, -0.1) is 0 Å². The van der Waals surface area contributed by atoms with Gasteiger partial charge in [-0.05, 0) is 37.0 Å². The summed E-state index contributed by atoms with van der Waals surface area (Å²) in [5, 5.41) is 1.00. The van der Waals surface area contributed by atoms with Crippen LogP contribution in [0.3, 0.4) is 0 Å². The number of hydrogen-bond donors (Lipinski definition) is 2. The second-order valence-corrected chi connectivity index (χ2v) is 5.65. The van der Waals surface area contributed by atoms with Crippen molar-refractivity contribution in [2.75, 3.05) is 6.54 Å². The van der Waals surface area contributed by atoms with Gasteiger partial charge in [0.25, 0.3) is 0 Å². The zero-order chi connectivity index (χ0) is 13.7. The monoisotopic (exact) mass is 276 g/mol. The van der Waals surface area contributed by atoms with Crippen LogP contribution in [0.1, 0.15) is 28.4 Å². The molecular formula is C14H20N4S. The van der Waals surface area contributed by atoms with Crippen molar-refractivity contribution in [2.45, 2.75) is 32.2 Å². The fourth-order valence-electron chi connectivity index (χ4n) is 1.99. The van der Waals surface area contributed by atoms with Gasteiger partial charge in [0.05, 0.1) is 0 Å². The van der Waals surface area contributed by atoms with Crippen LogP contribution in [-0.4, -0.2) is 21.9 Å². The number of aryl methyl sites for hydroxylation is 1. The summed E-state index contributed by atoms with van der Waals surface area (Å²) in [5.74, 6) is 0.880. The Balaban J connectivity index is 1.97. The van der Waals surface area contributed by atoms with Crippen LogP contribution >= 0.6 is 11.5 Å². The predicted octanol–water partition coefficient (Wildman–Crippen LogP) is 1.66. The summed E-state index contributed by atoms with van der Waals surface area (Å²) in [6.45, 7) is 2.71. The summed E-state index contributed by atoms with van der Waals surface area (Å²) in [4.78, 5) is 4.54. The third-order valence-electron chi connectivity index (χ3n) is 2.93. The second kappa shape index (κ2) is 6.75. The van der Waals surface area contributed by atoms with Crippen molar-refractivity contribution in [1.82, 2.24) is 9.36 Å². The molecule has 0 amide bonds. The molecule has 0 fully saturated rings. The van der Waals surface area contributed by atoms with Crippen LogP contribution in [0.15, 0.2) is 24.3 Å². The SMILES string of the molecule is Cc1cccc(Cc2nsc(CC(N)CCN)n2)c1. The lowest BCUT2D eigenvalue weighted by Gasteiger charge is -2.06. The van der Waals surface area contributed by atoms with E-state index in [0.29, 0.717) is 6.54 Å². The molecule has 0 aliphatic rings. The Bertz CT molecular complexity index is 524. The van der Waals surface area contributed by atoms with Gasteiger partial charge in [-0.1, -0.05) is 29.8 Å². The molecule has 4 N–H and O–H groups in total. The molecule has 0 bridgehead atoms. The molecule has 0 spiro atoms. The smallest absolute Gasteiger partial charge is 0.146 e. The maximum absolute atomic E-state index is 5.96. The molecule has 0 aliphatic carbocycles. The highest BCUT2D eigenvalue weighted by molar-refractivity contribution is 7.05. The van der Waals surface area contributed by atoms with Crippen molar-refractivity contribution >= 4 is 11.5 Å². The van der Waals surface area contributed by atoms with Gasteiger partial charge in [0.15, 0.2) is 0 Å². The first kappa shape index (κ1) is 14.1. The van der Waals surface area contributed by atoms with E-state index in [0.717, 1.165) is 30.1 Å². The molecule has 4 nitrogen and oxygen atoms in total. The molecule has 1 unspecified atom stereocenters. The molecule has 1 aromatic heterocycles. The molecule has 1 aromatic carbocycles. The van der Waals surface area contributed by atoms with Crippen LogP contribution in [0.4, 0.5) is 0 Å². The number of hydrogen-bond acceptors (Lipinski definition) is 5. The van der Waals surface area contributed by atoms with Crippen molar-refractivity contribution in [3.05, 3.63) is 46.2 Å². The van der Waals surface area contributed by atoms with Crippen molar-refractivity contribution in [2.24, 2.45) is 11.5 Å². The number of rotatable bonds is 6. The molecule has 0 saturated heterocycles. The standard InChI is InChI=1S/C14H20N4S/c1-10-3-2-4-11(7-10)8-13-17-14(19-18-13)9-12(16)5-6-15/h2-4,7,12H,5-6,8-9,15-16H2,1H3. The highest BCUT2D eigenvalue weighted by atomic mass is 32.1. The van der Waals surface area contributed by atoms with E-state index >= 15 is 0 Å². The Kier molecular flexibility index (Phi) is 5.01. The van der Waals surface area contributed by atoms with E-state index < -0.39 is 0 Å². The Morgan fingerprint density at radius 2 is 2.21 bits per heavy atom. The number of aromatic nitrogens is 2. The topological polar surface area (TPSA) is 77.8 Å². The average Bonchev–Trinajstić information content (AvgIpc) is 2.76. The highest BCUT2D eigenvalue weighted by Crippen LogP contribution is 2.13. The number of nitrogens with zero attached hydrogens (tertiary/aromatic N) is 2. The van der Waals surface area contributed by atoms with Gasteiger partial charge >= 0.3 is 0 Å². The molecule has 2 aromatic rings. The Morgan fingerprint density at radius 1 is 1.37 bits per heavy atom. The van der Waals surface area contributed by atoms with Crippen molar-refractivity contribution in [3.63, 3.8) is 0 Å². The van der Waals surface area contributed by atoms with Gasteiger partial charge in [0.1, 0.15) is 10.8 Å². The summed E-state index contributed by atoms with van der Waals surface area (Å²) in [6.07, 6.45) is 2.37. The van der Waals surface area contributed by atoms with Gasteiger partial charge in [0, 0.05) is 18.9 Å². The van der Waals surface area contributed by atoms with Crippen LogP contribution in [0.25, 0.3) is 0 Å². The summed E-state index contributed by atoms with van der Waals surface area (Å²) < 4.78 is 4.40. The first-order chi connectivity index (χ1) is 9.17. The third-order valence-corrected chi connectivity index (χ3v) is 3.70. The van der Waals surface area contributed by atoms with E-state index in [1.165, 1.54) is 22.7 Å². The zero-order valence-electron chi connectivity index (χ0n) is 11.2. The minimum atomic E-state index is 0.0877. The third kappa shape index (κ3) is 4.38. The largest absolute Gasteiger partial charge is 0.330 e. The second-order valence-electron chi connectivity index (χ2n) is 4.81. The van der Waals surface area contributed by atoms with Gasteiger partial charge in [-0.25, -0.2) is 4.98 Å². The van der Waals surface area contributed by atoms with Crippen LogP contribution < -0.4 is 11.5 Å². The van der Waals surface area contributed by atoms with E-state index in [2.05, 4.69) is 40.5 Å². The van der Waals surface area contributed by atoms with Gasteiger partial charge in [0.2, 0.25) is 0 Å². The molecule has 102 valence electrons. The van der Waals surface area contributed by atoms with Gasteiger partial charge in [-0.2, -0.15) is 4.37 Å². The van der Waals surface area contributed by atoms with E-state index in [1.807, 2.05) is 0 Å². The summed E-state index contributed by atoms with van der Waals surface area (Å²) in [6, 6.07) is 8.52. The summed E-state index contributed by atoms with van der Waals surface area (Å²) in [7, 11) is 0. The van der Waals surface area contributed by atoms with Crippen molar-refractivity contribution in [3.8, 4) is 0 Å². The molecular weight excluding hydrogens is 256 g/mol. The Morgan fingerprint density at radius 3 is 2.95 bits per heavy atom. The fourth-order valence-corrected chi connectivity index (χ4v) is 2.74. The average molecular weight is 276 g/mol. The maximum atomic E-state index is 5.96. The lowest BCUT2D eigenvalue weighted by Crippen LogP contribution is -2.25. The molecule has 5 heteroatoms. The summed E-state index contributed by atoms with van der Waals surface area (Å²) >= 11 is 1.45. The van der Waals surface area contributed by atoms with Crippen molar-refractivity contribution < 1.29 is 0 Å². The minimum absolute atomic E-state index is 0.0877. The molecule has 0 aliphatic heterocycles. The van der Waals surface area contributed by atoms with E-state index in [-0.39, 0.29) is 6.04 Å².